The molecule has 128 valence electrons. The average Bonchev–Trinajstić information content (AvgIpc) is 2.69. The average molecular weight is 338 g/mol. The van der Waals surface area contributed by atoms with Crippen molar-refractivity contribution in [2.24, 2.45) is 0 Å². The van der Waals surface area contributed by atoms with E-state index < -0.39 is 0 Å². The minimum absolute atomic E-state index is 0.0808. The Kier molecular flexibility index (Phi) is 5.20. The summed E-state index contributed by atoms with van der Waals surface area (Å²) in [5.74, 6) is 0. The van der Waals surface area contributed by atoms with Crippen molar-refractivity contribution >= 4 is 11.4 Å². The van der Waals surface area contributed by atoms with Gasteiger partial charge in [-0.15, -0.1) is 0 Å². The molecule has 0 aliphatic heterocycles. The molecule has 3 rings (SSSR count). The molecule has 1 atom stereocenters. The van der Waals surface area contributed by atoms with E-state index in [-0.39, 0.29) is 6.04 Å². The third-order valence-electron chi connectivity index (χ3n) is 4.69. The summed E-state index contributed by atoms with van der Waals surface area (Å²) in [4.78, 5) is 2.25. The molecule has 0 radical (unpaired) electrons. The fraction of sp³-hybridized carbons (Fsp3) is 0.125. The van der Waals surface area contributed by atoms with Crippen LogP contribution in [0.2, 0.25) is 0 Å². The smallest absolute Gasteiger partial charge is 0.0991 e. The van der Waals surface area contributed by atoms with Crippen molar-refractivity contribution in [3.63, 3.8) is 0 Å². The second-order valence-electron chi connectivity index (χ2n) is 6.38. The van der Waals surface area contributed by atoms with Gasteiger partial charge in [0, 0.05) is 16.9 Å². The molecule has 3 aromatic carbocycles. The fourth-order valence-electron chi connectivity index (χ4n) is 3.21. The van der Waals surface area contributed by atoms with E-state index in [1.807, 2.05) is 54.6 Å². The second-order valence-corrected chi connectivity index (χ2v) is 6.38. The molecule has 3 aromatic rings. The first kappa shape index (κ1) is 17.5. The highest BCUT2D eigenvalue weighted by Gasteiger charge is 2.21. The monoisotopic (exact) mass is 338 g/mol. The summed E-state index contributed by atoms with van der Waals surface area (Å²) in [6, 6.07) is 28.6. The van der Waals surface area contributed by atoms with Gasteiger partial charge < -0.3 is 4.90 Å². The number of nitriles is 1. The number of aryl methyl sites for hydroxylation is 1. The van der Waals surface area contributed by atoms with Gasteiger partial charge in [-0.25, -0.2) is 0 Å². The molecule has 0 N–H and O–H groups in total. The fourth-order valence-corrected chi connectivity index (χ4v) is 3.21. The van der Waals surface area contributed by atoms with E-state index in [4.69, 9.17) is 5.26 Å². The van der Waals surface area contributed by atoms with E-state index in [9.17, 15) is 0 Å². The third-order valence-corrected chi connectivity index (χ3v) is 4.69. The highest BCUT2D eigenvalue weighted by atomic mass is 15.2. The standard InChI is InChI=1S/C24H22N2/c1-18-9-7-8-12-24(18)20(3)26(23-10-5-4-6-11-23)19(2)22-15-13-21(17-25)14-16-22/h4-16,19H,3H2,1-2H3. The van der Waals surface area contributed by atoms with E-state index in [0.717, 1.165) is 22.5 Å². The van der Waals surface area contributed by atoms with E-state index >= 15 is 0 Å². The van der Waals surface area contributed by atoms with Gasteiger partial charge in [0.25, 0.3) is 0 Å². The van der Waals surface area contributed by atoms with Gasteiger partial charge in [-0.1, -0.05) is 61.2 Å². The molecule has 2 nitrogen and oxygen atoms in total. The Morgan fingerprint density at radius 1 is 0.923 bits per heavy atom. The molecular formula is C24H22N2. The number of para-hydroxylation sites is 1. The number of nitrogens with zero attached hydrogens (tertiary/aromatic N) is 2. The van der Waals surface area contributed by atoms with Crippen molar-refractivity contribution in [1.82, 2.24) is 0 Å². The maximum absolute atomic E-state index is 9.05. The Morgan fingerprint density at radius 2 is 1.54 bits per heavy atom. The van der Waals surface area contributed by atoms with Crippen LogP contribution in [0, 0.1) is 18.3 Å². The molecule has 2 heteroatoms. The summed E-state index contributed by atoms with van der Waals surface area (Å²) < 4.78 is 0. The van der Waals surface area contributed by atoms with Crippen molar-refractivity contribution in [2.75, 3.05) is 4.90 Å². The van der Waals surface area contributed by atoms with E-state index in [2.05, 4.69) is 55.7 Å². The number of anilines is 1. The molecule has 0 spiro atoms. The third kappa shape index (κ3) is 3.53. The predicted octanol–water partition coefficient (Wildman–Crippen LogP) is 6.11. The summed E-state index contributed by atoms with van der Waals surface area (Å²) >= 11 is 0. The van der Waals surface area contributed by atoms with Crippen LogP contribution in [-0.4, -0.2) is 0 Å². The Balaban J connectivity index is 2.05. The largest absolute Gasteiger partial charge is 0.334 e. The van der Waals surface area contributed by atoms with Gasteiger partial charge in [0.05, 0.1) is 17.7 Å². The number of rotatable bonds is 5. The first-order chi connectivity index (χ1) is 12.6. The first-order valence-corrected chi connectivity index (χ1v) is 8.71. The van der Waals surface area contributed by atoms with Crippen LogP contribution < -0.4 is 4.90 Å². The highest BCUT2D eigenvalue weighted by Crippen LogP contribution is 2.35. The molecule has 0 fully saturated rings. The lowest BCUT2D eigenvalue weighted by atomic mass is 10.00. The molecule has 0 aromatic heterocycles. The van der Waals surface area contributed by atoms with Crippen LogP contribution in [0.4, 0.5) is 5.69 Å². The minimum atomic E-state index is 0.0808. The molecule has 0 bridgehead atoms. The summed E-state index contributed by atoms with van der Waals surface area (Å²) in [6.45, 7) is 8.69. The summed E-state index contributed by atoms with van der Waals surface area (Å²) in [7, 11) is 0. The number of hydrogen-bond donors (Lipinski definition) is 0. The maximum Gasteiger partial charge on any atom is 0.0991 e. The zero-order valence-electron chi connectivity index (χ0n) is 15.2. The van der Waals surface area contributed by atoms with Gasteiger partial charge in [-0.3, -0.25) is 0 Å². The molecule has 1 unspecified atom stereocenters. The molecule has 26 heavy (non-hydrogen) atoms. The van der Waals surface area contributed by atoms with Crippen molar-refractivity contribution in [2.45, 2.75) is 19.9 Å². The minimum Gasteiger partial charge on any atom is -0.334 e. The summed E-state index contributed by atoms with van der Waals surface area (Å²) in [5.41, 5.74) is 6.21. The Labute approximate surface area is 155 Å². The topological polar surface area (TPSA) is 27.0 Å². The highest BCUT2D eigenvalue weighted by molar-refractivity contribution is 5.80. The zero-order chi connectivity index (χ0) is 18.5. The Morgan fingerprint density at radius 3 is 2.15 bits per heavy atom. The van der Waals surface area contributed by atoms with Crippen LogP contribution in [0.25, 0.3) is 5.70 Å². The molecule has 0 aliphatic rings. The van der Waals surface area contributed by atoms with Crippen molar-refractivity contribution in [1.29, 1.82) is 5.26 Å². The molecule has 0 saturated carbocycles. The van der Waals surface area contributed by atoms with Crippen LogP contribution in [0.15, 0.2) is 85.4 Å². The second kappa shape index (κ2) is 7.72. The van der Waals surface area contributed by atoms with E-state index in [0.29, 0.717) is 5.56 Å². The van der Waals surface area contributed by atoms with Crippen LogP contribution in [0.5, 0.6) is 0 Å². The molecular weight excluding hydrogens is 316 g/mol. The predicted molar refractivity (Wildman–Crippen MR) is 109 cm³/mol. The number of hydrogen-bond acceptors (Lipinski definition) is 2. The van der Waals surface area contributed by atoms with Gasteiger partial charge >= 0.3 is 0 Å². The van der Waals surface area contributed by atoms with E-state index in [1.165, 1.54) is 5.56 Å². The van der Waals surface area contributed by atoms with E-state index in [1.54, 1.807) is 0 Å². The van der Waals surface area contributed by atoms with Crippen LogP contribution in [-0.2, 0) is 0 Å². The SMILES string of the molecule is C=C(c1ccccc1C)N(c1ccccc1)C(C)c1ccc(C#N)cc1. The molecule has 0 saturated heterocycles. The van der Waals surface area contributed by atoms with Crippen molar-refractivity contribution in [3.05, 3.63) is 108 Å². The number of benzene rings is 3. The van der Waals surface area contributed by atoms with Gasteiger partial charge in [-0.2, -0.15) is 5.26 Å². The summed E-state index contributed by atoms with van der Waals surface area (Å²) in [5, 5.41) is 9.05. The molecule has 0 aliphatic carbocycles. The molecule has 0 amide bonds. The maximum atomic E-state index is 9.05. The summed E-state index contributed by atoms with van der Waals surface area (Å²) in [6.07, 6.45) is 0. The van der Waals surface area contributed by atoms with Crippen molar-refractivity contribution in [3.8, 4) is 6.07 Å². The molecule has 0 heterocycles. The Bertz CT molecular complexity index is 934. The quantitative estimate of drug-likeness (QED) is 0.561. The van der Waals surface area contributed by atoms with Gasteiger partial charge in [0.15, 0.2) is 0 Å². The van der Waals surface area contributed by atoms with Gasteiger partial charge in [0.1, 0.15) is 0 Å². The Hall–Kier alpha value is -3.31. The van der Waals surface area contributed by atoms with Crippen LogP contribution in [0.3, 0.4) is 0 Å². The zero-order valence-corrected chi connectivity index (χ0v) is 15.2. The lowest BCUT2D eigenvalue weighted by Crippen LogP contribution is -2.25. The lowest BCUT2D eigenvalue weighted by Gasteiger charge is -2.34. The van der Waals surface area contributed by atoms with Crippen LogP contribution >= 0.6 is 0 Å². The lowest BCUT2D eigenvalue weighted by molar-refractivity contribution is 0.779. The van der Waals surface area contributed by atoms with Crippen molar-refractivity contribution < 1.29 is 0 Å². The van der Waals surface area contributed by atoms with Crippen LogP contribution in [0.1, 0.15) is 35.2 Å². The normalized spacial score (nSPS) is 11.4. The van der Waals surface area contributed by atoms with Gasteiger partial charge in [-0.05, 0) is 49.2 Å². The first-order valence-electron chi connectivity index (χ1n) is 8.71. The van der Waals surface area contributed by atoms with Gasteiger partial charge in [0.2, 0.25) is 0 Å².